The van der Waals surface area contributed by atoms with Gasteiger partial charge in [-0.1, -0.05) is 90.4 Å². The third-order valence-electron chi connectivity index (χ3n) is 4.70. The average molecular weight is 408 g/mol. The van der Waals surface area contributed by atoms with E-state index >= 15 is 0 Å². The van der Waals surface area contributed by atoms with Gasteiger partial charge in [-0.05, 0) is 33.5 Å². The molecule has 0 saturated carbocycles. The van der Waals surface area contributed by atoms with E-state index in [2.05, 4.69) is 6.92 Å². The Hall–Kier alpha value is -0.170. The Balaban J connectivity index is 3.28. The van der Waals surface area contributed by atoms with Crippen LogP contribution in [0.15, 0.2) is 0 Å². The average Bonchev–Trinajstić information content (AvgIpc) is 2.62. The smallest absolute Gasteiger partial charge is 0.309 e. The maximum absolute atomic E-state index is 11.6. The molecule has 0 heterocycles. The van der Waals surface area contributed by atoms with Crippen LogP contribution in [0.5, 0.6) is 0 Å². The first-order valence-corrected chi connectivity index (χ1v) is 12.5. The highest BCUT2D eigenvalue weighted by Crippen LogP contribution is 2.13. The first-order chi connectivity index (χ1) is 13.0. The number of unbranched alkanes of at least 4 members (excludes halogenated alkanes) is 13. The lowest BCUT2D eigenvalue weighted by Crippen LogP contribution is -2.17. The van der Waals surface area contributed by atoms with Crippen LogP contribution in [0, 0.1) is 0 Å². The molecule has 0 N–H and O–H groups in total. The first kappa shape index (κ1) is 26.8. The molecular formula is C21H45NO4S. The molecule has 0 fully saturated rings. The van der Waals surface area contributed by atoms with Gasteiger partial charge in [0.05, 0.1) is 13.2 Å². The molecule has 0 bridgehead atoms. The van der Waals surface area contributed by atoms with Gasteiger partial charge in [-0.25, -0.2) is 8.37 Å². The molecule has 0 amide bonds. The van der Waals surface area contributed by atoms with E-state index in [0.717, 1.165) is 25.8 Å². The SMILES string of the molecule is CCCCCCCCCCCCCCCCOS(=O)(=O)OCCCN(C)C. The molecule has 0 rings (SSSR count). The minimum absolute atomic E-state index is 0.180. The molecule has 0 saturated heterocycles. The number of hydrogen-bond donors (Lipinski definition) is 0. The normalized spacial score (nSPS) is 12.1. The summed E-state index contributed by atoms with van der Waals surface area (Å²) in [5.41, 5.74) is 0. The summed E-state index contributed by atoms with van der Waals surface area (Å²) in [5.74, 6) is 0. The third kappa shape index (κ3) is 22.0. The van der Waals surface area contributed by atoms with Crippen molar-refractivity contribution in [3.8, 4) is 0 Å². The zero-order valence-corrected chi connectivity index (χ0v) is 19.0. The molecule has 27 heavy (non-hydrogen) atoms. The van der Waals surface area contributed by atoms with E-state index in [1.165, 1.54) is 70.6 Å². The Morgan fingerprint density at radius 1 is 0.593 bits per heavy atom. The van der Waals surface area contributed by atoms with Crippen molar-refractivity contribution in [1.29, 1.82) is 0 Å². The van der Waals surface area contributed by atoms with E-state index in [1.807, 2.05) is 19.0 Å². The Kier molecular flexibility index (Phi) is 19.0. The lowest BCUT2D eigenvalue weighted by molar-refractivity contribution is 0.203. The quantitative estimate of drug-likeness (QED) is 0.229. The van der Waals surface area contributed by atoms with Crippen LogP contribution in [0.4, 0.5) is 0 Å². The van der Waals surface area contributed by atoms with Gasteiger partial charge in [-0.2, -0.15) is 8.42 Å². The van der Waals surface area contributed by atoms with Crippen molar-refractivity contribution in [2.75, 3.05) is 33.9 Å². The molecule has 0 radical (unpaired) electrons. The summed E-state index contributed by atoms with van der Waals surface area (Å²) in [7, 11) is 0.0741. The first-order valence-electron chi connectivity index (χ1n) is 11.2. The van der Waals surface area contributed by atoms with Crippen molar-refractivity contribution >= 4 is 10.4 Å². The van der Waals surface area contributed by atoms with Crippen molar-refractivity contribution in [2.45, 2.75) is 103 Å². The molecule has 0 aliphatic heterocycles. The van der Waals surface area contributed by atoms with Crippen LogP contribution in [0.25, 0.3) is 0 Å². The predicted octanol–water partition coefficient (Wildman–Crippen LogP) is 5.70. The van der Waals surface area contributed by atoms with E-state index in [0.29, 0.717) is 6.42 Å². The molecule has 0 aliphatic rings. The van der Waals surface area contributed by atoms with E-state index < -0.39 is 10.4 Å². The lowest BCUT2D eigenvalue weighted by Gasteiger charge is -2.09. The fourth-order valence-corrected chi connectivity index (χ4v) is 3.75. The van der Waals surface area contributed by atoms with Gasteiger partial charge in [0.1, 0.15) is 0 Å². The molecule has 0 aromatic rings. The summed E-state index contributed by atoms with van der Waals surface area (Å²) in [5, 5.41) is 0. The fourth-order valence-electron chi connectivity index (χ4n) is 3.03. The highest BCUT2D eigenvalue weighted by atomic mass is 32.3. The van der Waals surface area contributed by atoms with Crippen molar-refractivity contribution in [1.82, 2.24) is 4.90 Å². The number of nitrogens with zero attached hydrogens (tertiary/aromatic N) is 1. The molecule has 0 aromatic heterocycles. The van der Waals surface area contributed by atoms with Gasteiger partial charge in [-0.15, -0.1) is 0 Å². The van der Waals surface area contributed by atoms with E-state index in [4.69, 9.17) is 8.37 Å². The van der Waals surface area contributed by atoms with Gasteiger partial charge >= 0.3 is 10.4 Å². The number of hydrogen-bond acceptors (Lipinski definition) is 5. The summed E-state index contributed by atoms with van der Waals surface area (Å²) in [4.78, 5) is 1.99. The van der Waals surface area contributed by atoms with Crippen LogP contribution in [-0.4, -0.2) is 47.2 Å². The topological polar surface area (TPSA) is 55.8 Å². The molecule has 0 unspecified atom stereocenters. The monoisotopic (exact) mass is 407 g/mol. The summed E-state index contributed by atoms with van der Waals surface area (Å²) in [6, 6.07) is 0. The third-order valence-corrected chi connectivity index (χ3v) is 5.61. The Bertz CT molecular complexity index is 399. The van der Waals surface area contributed by atoms with Crippen LogP contribution in [0.2, 0.25) is 0 Å². The molecule has 0 atom stereocenters. The van der Waals surface area contributed by atoms with Crippen molar-refractivity contribution < 1.29 is 16.8 Å². The van der Waals surface area contributed by atoms with Gasteiger partial charge in [0, 0.05) is 0 Å². The predicted molar refractivity (Wildman–Crippen MR) is 114 cm³/mol. The molecular weight excluding hydrogens is 362 g/mol. The van der Waals surface area contributed by atoms with Crippen molar-refractivity contribution in [3.05, 3.63) is 0 Å². The summed E-state index contributed by atoms with van der Waals surface area (Å²) >= 11 is 0. The molecule has 0 aromatic carbocycles. The second-order valence-corrected chi connectivity index (χ2v) is 9.09. The summed E-state index contributed by atoms with van der Waals surface area (Å²) in [6.45, 7) is 3.47. The van der Waals surface area contributed by atoms with Crippen LogP contribution >= 0.6 is 0 Å². The maximum Gasteiger partial charge on any atom is 0.399 e. The zero-order chi connectivity index (χ0) is 20.2. The van der Waals surface area contributed by atoms with Crippen molar-refractivity contribution in [3.63, 3.8) is 0 Å². The minimum atomic E-state index is -3.82. The highest BCUT2D eigenvalue weighted by Gasteiger charge is 2.11. The van der Waals surface area contributed by atoms with E-state index in [9.17, 15) is 8.42 Å². The van der Waals surface area contributed by atoms with E-state index in [-0.39, 0.29) is 13.2 Å². The van der Waals surface area contributed by atoms with Crippen LogP contribution in [0.1, 0.15) is 103 Å². The molecule has 5 nitrogen and oxygen atoms in total. The maximum atomic E-state index is 11.6. The van der Waals surface area contributed by atoms with Gasteiger partial charge in [0.25, 0.3) is 0 Å². The van der Waals surface area contributed by atoms with Crippen molar-refractivity contribution in [2.24, 2.45) is 0 Å². The standard InChI is InChI=1S/C21H45NO4S/c1-4-5-6-7-8-9-10-11-12-13-14-15-16-17-20-25-27(23,24)26-21-18-19-22(2)3/h4-21H2,1-3H3. The van der Waals surface area contributed by atoms with E-state index in [1.54, 1.807) is 0 Å². The molecule has 0 aliphatic carbocycles. The summed E-state index contributed by atoms with van der Waals surface area (Å²) in [6.07, 6.45) is 18.6. The van der Waals surface area contributed by atoms with Gasteiger partial charge in [0.2, 0.25) is 0 Å². The Labute approximate surface area is 169 Å². The lowest BCUT2D eigenvalue weighted by atomic mass is 10.0. The highest BCUT2D eigenvalue weighted by molar-refractivity contribution is 7.81. The van der Waals surface area contributed by atoms with Crippen LogP contribution < -0.4 is 0 Å². The largest absolute Gasteiger partial charge is 0.399 e. The van der Waals surface area contributed by atoms with Gasteiger partial charge in [0.15, 0.2) is 0 Å². The van der Waals surface area contributed by atoms with Gasteiger partial charge < -0.3 is 4.90 Å². The molecule has 0 spiro atoms. The Morgan fingerprint density at radius 2 is 0.963 bits per heavy atom. The zero-order valence-electron chi connectivity index (χ0n) is 18.2. The number of rotatable bonds is 21. The second kappa shape index (κ2) is 19.2. The summed E-state index contributed by atoms with van der Waals surface area (Å²) < 4.78 is 32.8. The van der Waals surface area contributed by atoms with Gasteiger partial charge in [-0.3, -0.25) is 0 Å². The Morgan fingerprint density at radius 3 is 1.37 bits per heavy atom. The second-order valence-electron chi connectivity index (χ2n) is 7.81. The minimum Gasteiger partial charge on any atom is -0.309 e. The fraction of sp³-hybridized carbons (Fsp3) is 1.00. The molecule has 164 valence electrons. The van der Waals surface area contributed by atoms with Crippen LogP contribution in [-0.2, 0) is 18.8 Å². The molecule has 6 heteroatoms. The van der Waals surface area contributed by atoms with Crippen LogP contribution in [0.3, 0.4) is 0 Å².